The Labute approximate surface area is 144 Å². The number of allylic oxidation sites excluding steroid dienone is 3. The second-order valence-corrected chi connectivity index (χ2v) is 8.71. The molecule has 2 unspecified atom stereocenters. The van der Waals surface area contributed by atoms with Crippen LogP contribution in [0.15, 0.2) is 59.1 Å². The van der Waals surface area contributed by atoms with E-state index in [2.05, 4.69) is 32.1 Å². The minimum absolute atomic E-state index is 0.273. The van der Waals surface area contributed by atoms with Crippen LogP contribution >= 0.6 is 0 Å². The van der Waals surface area contributed by atoms with Crippen LogP contribution in [0.25, 0.3) is 0 Å². The van der Waals surface area contributed by atoms with Crippen LogP contribution in [0.3, 0.4) is 0 Å². The number of hydrogen-bond acceptors (Lipinski definition) is 3. The van der Waals surface area contributed by atoms with E-state index in [1.54, 1.807) is 0 Å². The Kier molecular flexibility index (Phi) is 5.37. The molecule has 1 heterocycles. The van der Waals surface area contributed by atoms with Gasteiger partial charge in [-0.2, -0.15) is 0 Å². The van der Waals surface area contributed by atoms with Crippen molar-refractivity contribution in [2.75, 3.05) is 6.61 Å². The Morgan fingerprint density at radius 2 is 2.09 bits per heavy atom. The maximum absolute atomic E-state index is 10.4. The number of nitrogens with zero attached hydrogens (tertiary/aromatic N) is 1. The molecule has 0 saturated heterocycles. The molecule has 1 aliphatic heterocycles. The van der Waals surface area contributed by atoms with Crippen molar-refractivity contribution in [1.82, 2.24) is 0 Å². The number of hydrogen-bond donors (Lipinski definition) is 1. The number of aliphatic imine (C=N–C) groups is 1. The molecule has 0 bridgehead atoms. The SMILES string of the molecule is CC(C)[C@H]1COC(C2=CC=CC2[Se]CC(O)c2ccccc2)=N1. The van der Waals surface area contributed by atoms with Crippen molar-refractivity contribution < 1.29 is 9.84 Å². The summed E-state index contributed by atoms with van der Waals surface area (Å²) in [5, 5.41) is 11.2. The van der Waals surface area contributed by atoms with Gasteiger partial charge in [-0.15, -0.1) is 0 Å². The summed E-state index contributed by atoms with van der Waals surface area (Å²) in [6.45, 7) is 5.05. The molecule has 0 radical (unpaired) electrons. The molecule has 2 aliphatic rings. The zero-order valence-corrected chi connectivity index (χ0v) is 15.3. The molecule has 1 aromatic rings. The van der Waals surface area contributed by atoms with E-state index in [1.807, 2.05) is 30.3 Å². The molecule has 0 fully saturated rings. The van der Waals surface area contributed by atoms with Gasteiger partial charge in [0.25, 0.3) is 0 Å². The van der Waals surface area contributed by atoms with Crippen molar-refractivity contribution in [3.63, 3.8) is 0 Å². The van der Waals surface area contributed by atoms with Gasteiger partial charge in [-0.05, 0) is 0 Å². The zero-order valence-electron chi connectivity index (χ0n) is 13.6. The molecule has 1 aliphatic carbocycles. The topological polar surface area (TPSA) is 41.8 Å². The first-order chi connectivity index (χ1) is 11.1. The zero-order chi connectivity index (χ0) is 16.2. The predicted molar refractivity (Wildman–Crippen MR) is 94.9 cm³/mol. The first kappa shape index (κ1) is 16.5. The molecule has 3 nitrogen and oxygen atoms in total. The standard InChI is InChI=1S/C19H23NO2Se/c1-13(2)16-11-22-19(20-16)15-9-6-10-18(15)23-12-17(21)14-7-4-3-5-8-14/h3-10,13,16-18,21H,11-12H2,1-2H3/t16-,17?,18?/m1/s1. The van der Waals surface area contributed by atoms with E-state index < -0.39 is 0 Å². The molecule has 122 valence electrons. The third kappa shape index (κ3) is 3.95. The van der Waals surface area contributed by atoms with Crippen molar-refractivity contribution in [2.45, 2.75) is 36.1 Å². The number of rotatable bonds is 6. The fourth-order valence-electron chi connectivity index (χ4n) is 2.65. The van der Waals surface area contributed by atoms with Gasteiger partial charge in [-0.1, -0.05) is 0 Å². The summed E-state index contributed by atoms with van der Waals surface area (Å²) < 4.78 is 5.82. The van der Waals surface area contributed by atoms with Gasteiger partial charge in [0, 0.05) is 0 Å². The van der Waals surface area contributed by atoms with E-state index in [1.165, 1.54) is 5.57 Å². The molecule has 0 saturated carbocycles. The van der Waals surface area contributed by atoms with Crippen LogP contribution < -0.4 is 0 Å². The van der Waals surface area contributed by atoms with E-state index in [0.717, 1.165) is 16.8 Å². The van der Waals surface area contributed by atoms with Gasteiger partial charge < -0.3 is 0 Å². The van der Waals surface area contributed by atoms with Crippen molar-refractivity contribution in [3.8, 4) is 0 Å². The number of aliphatic hydroxyl groups is 1. The third-order valence-electron chi connectivity index (χ3n) is 4.18. The molecule has 0 spiro atoms. The number of aliphatic hydroxyl groups excluding tert-OH is 1. The molecule has 23 heavy (non-hydrogen) atoms. The summed E-state index contributed by atoms with van der Waals surface area (Å²) >= 11 is 0.274. The van der Waals surface area contributed by atoms with E-state index in [-0.39, 0.29) is 27.1 Å². The van der Waals surface area contributed by atoms with Gasteiger partial charge in [0.05, 0.1) is 0 Å². The number of benzene rings is 1. The monoisotopic (exact) mass is 377 g/mol. The summed E-state index contributed by atoms with van der Waals surface area (Å²) in [4.78, 5) is 5.09. The fourth-order valence-corrected chi connectivity index (χ4v) is 5.05. The van der Waals surface area contributed by atoms with E-state index in [0.29, 0.717) is 17.3 Å². The van der Waals surface area contributed by atoms with Crippen LogP contribution in [0.4, 0.5) is 0 Å². The van der Waals surface area contributed by atoms with Crippen LogP contribution in [0.5, 0.6) is 0 Å². The Bertz CT molecular complexity index is 622. The molecule has 4 heteroatoms. The van der Waals surface area contributed by atoms with E-state index in [4.69, 9.17) is 9.73 Å². The van der Waals surface area contributed by atoms with Crippen LogP contribution in [-0.2, 0) is 4.74 Å². The molecule has 1 aromatic carbocycles. The van der Waals surface area contributed by atoms with Gasteiger partial charge in [-0.3, -0.25) is 0 Å². The predicted octanol–water partition coefficient (Wildman–Crippen LogP) is 3.58. The second kappa shape index (κ2) is 7.48. The van der Waals surface area contributed by atoms with E-state index >= 15 is 0 Å². The first-order valence-corrected chi connectivity index (χ1v) is 10.3. The minimum atomic E-state index is -0.388. The van der Waals surface area contributed by atoms with Crippen molar-refractivity contribution in [1.29, 1.82) is 0 Å². The molecule has 0 amide bonds. The first-order valence-electron chi connectivity index (χ1n) is 8.09. The average Bonchev–Trinajstić information content (AvgIpc) is 3.22. The molecule has 3 rings (SSSR count). The molecule has 0 aromatic heterocycles. The molecule has 1 N–H and O–H groups in total. The van der Waals surface area contributed by atoms with Gasteiger partial charge in [0.1, 0.15) is 0 Å². The summed E-state index contributed by atoms with van der Waals surface area (Å²) in [6, 6.07) is 10.2. The van der Waals surface area contributed by atoms with Gasteiger partial charge >= 0.3 is 144 Å². The Morgan fingerprint density at radius 1 is 1.30 bits per heavy atom. The summed E-state index contributed by atoms with van der Waals surface area (Å²) in [5.74, 6) is 1.32. The quantitative estimate of drug-likeness (QED) is 0.771. The third-order valence-corrected chi connectivity index (χ3v) is 6.86. The van der Waals surface area contributed by atoms with Gasteiger partial charge in [-0.25, -0.2) is 0 Å². The summed E-state index contributed by atoms with van der Waals surface area (Å²) in [6.07, 6.45) is 6.02. The van der Waals surface area contributed by atoms with E-state index in [9.17, 15) is 5.11 Å². The molecule has 3 atom stereocenters. The van der Waals surface area contributed by atoms with Gasteiger partial charge in [0.15, 0.2) is 0 Å². The Hall–Kier alpha value is -1.35. The van der Waals surface area contributed by atoms with Crippen LogP contribution in [0, 0.1) is 5.92 Å². The van der Waals surface area contributed by atoms with Gasteiger partial charge in [0.2, 0.25) is 0 Å². The van der Waals surface area contributed by atoms with Crippen molar-refractivity contribution in [2.24, 2.45) is 10.9 Å². The molecular weight excluding hydrogens is 353 g/mol. The van der Waals surface area contributed by atoms with Crippen molar-refractivity contribution >= 4 is 20.9 Å². The fraction of sp³-hybridized carbons (Fsp3) is 0.421. The maximum atomic E-state index is 10.4. The van der Waals surface area contributed by atoms with Crippen LogP contribution in [-0.4, -0.2) is 38.6 Å². The van der Waals surface area contributed by atoms with Crippen LogP contribution in [0.2, 0.25) is 10.1 Å². The Balaban J connectivity index is 1.59. The van der Waals surface area contributed by atoms with Crippen LogP contribution in [0.1, 0.15) is 25.5 Å². The number of ether oxygens (including phenoxy) is 1. The Morgan fingerprint density at radius 3 is 2.78 bits per heavy atom. The second-order valence-electron chi connectivity index (χ2n) is 6.24. The normalized spacial score (nSPS) is 24.5. The summed E-state index contributed by atoms with van der Waals surface area (Å²) in [5.41, 5.74) is 2.18. The summed E-state index contributed by atoms with van der Waals surface area (Å²) in [7, 11) is 0. The molecular formula is C19H23NO2Se. The average molecular weight is 376 g/mol. The van der Waals surface area contributed by atoms with Crippen molar-refractivity contribution in [3.05, 3.63) is 59.7 Å².